The van der Waals surface area contributed by atoms with Gasteiger partial charge < -0.3 is 10.4 Å². The molecule has 0 heterocycles. The average molecular weight is 294 g/mol. The Morgan fingerprint density at radius 2 is 1.95 bits per heavy atom. The molecule has 0 spiro atoms. The third kappa shape index (κ3) is 3.71. The zero-order chi connectivity index (χ0) is 14.5. The molecular formula is C15H13ClFNO2. The molecule has 0 aliphatic carbocycles. The summed E-state index contributed by atoms with van der Waals surface area (Å²) >= 11 is 5.67. The number of amides is 1. The van der Waals surface area contributed by atoms with Gasteiger partial charge in [0.1, 0.15) is 11.6 Å². The summed E-state index contributed by atoms with van der Waals surface area (Å²) in [5.41, 5.74) is 0.998. The first-order valence-corrected chi connectivity index (χ1v) is 6.46. The Kier molecular flexibility index (Phi) is 4.58. The van der Waals surface area contributed by atoms with E-state index in [2.05, 4.69) is 5.32 Å². The monoisotopic (exact) mass is 293 g/mol. The van der Waals surface area contributed by atoms with Crippen molar-refractivity contribution in [2.45, 2.75) is 12.8 Å². The summed E-state index contributed by atoms with van der Waals surface area (Å²) < 4.78 is 13.5. The number of benzene rings is 2. The maximum Gasteiger partial charge on any atom is 0.224 e. The molecule has 0 aliphatic rings. The Labute approximate surface area is 121 Å². The van der Waals surface area contributed by atoms with E-state index in [0.717, 1.165) is 11.6 Å². The third-order valence-electron chi connectivity index (χ3n) is 2.79. The zero-order valence-electron chi connectivity index (χ0n) is 10.6. The Morgan fingerprint density at radius 3 is 2.65 bits per heavy atom. The second kappa shape index (κ2) is 6.39. The number of hydrogen-bond donors (Lipinski definition) is 2. The summed E-state index contributed by atoms with van der Waals surface area (Å²) in [6.45, 7) is 0. The van der Waals surface area contributed by atoms with Gasteiger partial charge in [-0.3, -0.25) is 4.79 Å². The van der Waals surface area contributed by atoms with Crippen LogP contribution in [-0.2, 0) is 11.2 Å². The number of phenols is 1. The van der Waals surface area contributed by atoms with Crippen molar-refractivity contribution in [3.8, 4) is 5.75 Å². The lowest BCUT2D eigenvalue weighted by molar-refractivity contribution is -0.116. The highest BCUT2D eigenvalue weighted by atomic mass is 35.5. The van der Waals surface area contributed by atoms with Crippen LogP contribution in [0.4, 0.5) is 10.1 Å². The van der Waals surface area contributed by atoms with Crippen LogP contribution in [0.1, 0.15) is 12.0 Å². The first-order valence-electron chi connectivity index (χ1n) is 6.08. The van der Waals surface area contributed by atoms with E-state index in [0.29, 0.717) is 6.42 Å². The third-order valence-corrected chi connectivity index (χ3v) is 3.10. The van der Waals surface area contributed by atoms with Crippen LogP contribution < -0.4 is 5.32 Å². The number of carbonyl (C=O) groups excluding carboxylic acids is 1. The molecule has 20 heavy (non-hydrogen) atoms. The molecule has 2 rings (SSSR count). The van der Waals surface area contributed by atoms with Crippen molar-refractivity contribution in [1.29, 1.82) is 0 Å². The quantitative estimate of drug-likeness (QED) is 0.843. The smallest absolute Gasteiger partial charge is 0.224 e. The van der Waals surface area contributed by atoms with Crippen LogP contribution in [0, 0.1) is 5.82 Å². The number of rotatable bonds is 4. The van der Waals surface area contributed by atoms with Crippen LogP contribution in [0.3, 0.4) is 0 Å². The Hall–Kier alpha value is -2.07. The number of phenolic OH excluding ortho intramolecular Hbond substituents is 1. The van der Waals surface area contributed by atoms with Gasteiger partial charge in [0.05, 0.1) is 10.7 Å². The van der Waals surface area contributed by atoms with Gasteiger partial charge in [-0.2, -0.15) is 0 Å². The van der Waals surface area contributed by atoms with Gasteiger partial charge in [0.15, 0.2) is 0 Å². The summed E-state index contributed by atoms with van der Waals surface area (Å²) in [6, 6.07) is 11.6. The van der Waals surface area contributed by atoms with Crippen molar-refractivity contribution in [2.75, 3.05) is 5.32 Å². The van der Waals surface area contributed by atoms with Crippen LogP contribution >= 0.6 is 11.6 Å². The minimum absolute atomic E-state index is 0.00948. The number of anilines is 1. The molecule has 0 bridgehead atoms. The van der Waals surface area contributed by atoms with Crippen LogP contribution in [0.5, 0.6) is 5.75 Å². The first kappa shape index (κ1) is 14.3. The van der Waals surface area contributed by atoms with Crippen molar-refractivity contribution in [1.82, 2.24) is 0 Å². The van der Waals surface area contributed by atoms with Gasteiger partial charge in [-0.15, -0.1) is 0 Å². The van der Waals surface area contributed by atoms with E-state index in [1.807, 2.05) is 30.3 Å². The van der Waals surface area contributed by atoms with E-state index in [1.54, 1.807) is 0 Å². The Balaban J connectivity index is 1.97. The molecule has 0 saturated carbocycles. The van der Waals surface area contributed by atoms with Crippen LogP contribution in [-0.4, -0.2) is 11.0 Å². The standard InChI is InChI=1S/C15H13ClFNO2/c16-11-8-13(12(17)9-14(11)19)18-15(20)7-6-10-4-2-1-3-5-10/h1-5,8-9,19H,6-7H2,(H,18,20). The summed E-state index contributed by atoms with van der Waals surface area (Å²) in [5, 5.41) is 11.7. The molecule has 0 saturated heterocycles. The largest absolute Gasteiger partial charge is 0.506 e. The molecule has 0 unspecified atom stereocenters. The lowest BCUT2D eigenvalue weighted by atomic mass is 10.1. The molecule has 0 radical (unpaired) electrons. The summed E-state index contributed by atoms with van der Waals surface area (Å²) in [6.07, 6.45) is 0.808. The SMILES string of the molecule is O=C(CCc1ccccc1)Nc1cc(Cl)c(O)cc1F. The van der Waals surface area contributed by atoms with Crippen molar-refractivity contribution < 1.29 is 14.3 Å². The van der Waals surface area contributed by atoms with Crippen molar-refractivity contribution >= 4 is 23.2 Å². The van der Waals surface area contributed by atoms with E-state index < -0.39 is 5.82 Å². The van der Waals surface area contributed by atoms with E-state index in [1.165, 1.54) is 6.07 Å². The normalized spacial score (nSPS) is 10.3. The fraction of sp³-hybridized carbons (Fsp3) is 0.133. The molecule has 2 N–H and O–H groups in total. The van der Waals surface area contributed by atoms with Gasteiger partial charge in [0.25, 0.3) is 0 Å². The molecule has 5 heteroatoms. The Bertz CT molecular complexity index is 617. The second-order valence-corrected chi connectivity index (χ2v) is 4.72. The molecule has 2 aromatic carbocycles. The van der Waals surface area contributed by atoms with Gasteiger partial charge in [-0.25, -0.2) is 4.39 Å². The van der Waals surface area contributed by atoms with E-state index in [-0.39, 0.29) is 28.8 Å². The number of hydrogen-bond acceptors (Lipinski definition) is 2. The maximum absolute atomic E-state index is 13.5. The second-order valence-electron chi connectivity index (χ2n) is 4.32. The molecule has 2 aromatic rings. The minimum atomic E-state index is -0.722. The Morgan fingerprint density at radius 1 is 1.25 bits per heavy atom. The number of carbonyl (C=O) groups is 1. The number of aromatic hydroxyl groups is 1. The van der Waals surface area contributed by atoms with Crippen molar-refractivity contribution in [3.05, 3.63) is 58.9 Å². The number of halogens is 2. The lowest BCUT2D eigenvalue weighted by Crippen LogP contribution is -2.13. The van der Waals surface area contributed by atoms with Gasteiger partial charge in [-0.05, 0) is 18.1 Å². The first-order chi connectivity index (χ1) is 9.56. The topological polar surface area (TPSA) is 49.3 Å². The van der Waals surface area contributed by atoms with Crippen LogP contribution in [0.15, 0.2) is 42.5 Å². The van der Waals surface area contributed by atoms with Gasteiger partial charge in [0, 0.05) is 12.5 Å². The summed E-state index contributed by atoms with van der Waals surface area (Å²) in [4.78, 5) is 11.8. The average Bonchev–Trinajstić information content (AvgIpc) is 2.44. The van der Waals surface area contributed by atoms with Gasteiger partial charge >= 0.3 is 0 Å². The van der Waals surface area contributed by atoms with Gasteiger partial charge in [-0.1, -0.05) is 41.9 Å². The summed E-state index contributed by atoms with van der Waals surface area (Å²) in [7, 11) is 0. The van der Waals surface area contributed by atoms with Crippen molar-refractivity contribution in [3.63, 3.8) is 0 Å². The predicted octanol–water partition coefficient (Wildman–Crippen LogP) is 3.76. The van der Waals surface area contributed by atoms with E-state index in [9.17, 15) is 14.3 Å². The maximum atomic E-state index is 13.5. The molecule has 104 valence electrons. The highest BCUT2D eigenvalue weighted by Crippen LogP contribution is 2.29. The molecule has 0 atom stereocenters. The fourth-order valence-corrected chi connectivity index (χ4v) is 1.91. The van der Waals surface area contributed by atoms with E-state index >= 15 is 0 Å². The minimum Gasteiger partial charge on any atom is -0.506 e. The van der Waals surface area contributed by atoms with Crippen LogP contribution in [0.2, 0.25) is 5.02 Å². The summed E-state index contributed by atoms with van der Waals surface area (Å²) in [5.74, 6) is -1.39. The molecule has 0 fully saturated rings. The van der Waals surface area contributed by atoms with Crippen molar-refractivity contribution in [2.24, 2.45) is 0 Å². The molecule has 0 aromatic heterocycles. The molecular weight excluding hydrogens is 281 g/mol. The van der Waals surface area contributed by atoms with Gasteiger partial charge in [0.2, 0.25) is 5.91 Å². The highest BCUT2D eigenvalue weighted by molar-refractivity contribution is 6.32. The van der Waals surface area contributed by atoms with Crippen LogP contribution in [0.25, 0.3) is 0 Å². The molecule has 1 amide bonds. The lowest BCUT2D eigenvalue weighted by Gasteiger charge is -2.08. The zero-order valence-corrected chi connectivity index (χ0v) is 11.3. The molecule has 3 nitrogen and oxygen atoms in total. The molecule has 0 aliphatic heterocycles. The number of aryl methyl sites for hydroxylation is 1. The number of nitrogens with one attached hydrogen (secondary N) is 1. The fourth-order valence-electron chi connectivity index (χ4n) is 1.75. The van der Waals surface area contributed by atoms with E-state index in [4.69, 9.17) is 11.6 Å². The highest BCUT2D eigenvalue weighted by Gasteiger charge is 2.10. The predicted molar refractivity (Wildman–Crippen MR) is 76.5 cm³/mol.